The summed E-state index contributed by atoms with van der Waals surface area (Å²) >= 11 is 5.89. The van der Waals surface area contributed by atoms with Gasteiger partial charge in [-0.2, -0.15) is 0 Å². The predicted molar refractivity (Wildman–Crippen MR) is 77.4 cm³/mol. The second-order valence-electron chi connectivity index (χ2n) is 4.65. The number of nitrogens with one attached hydrogen (secondary N) is 2. The lowest BCUT2D eigenvalue weighted by Gasteiger charge is -2.14. The highest BCUT2D eigenvalue weighted by Crippen LogP contribution is 2.17. The average molecular weight is 303 g/mol. The second-order valence-corrected chi connectivity index (χ2v) is 5.06. The summed E-state index contributed by atoms with van der Waals surface area (Å²) < 4.78 is 12.9. The zero-order valence-corrected chi connectivity index (χ0v) is 12.2. The predicted octanol–water partition coefficient (Wildman–Crippen LogP) is 2.48. The minimum absolute atomic E-state index is 0.0107. The fraction of sp³-hybridized carbons (Fsp3) is 0.500. The molecule has 0 saturated heterocycles. The molecule has 1 unspecified atom stereocenters. The Morgan fingerprint density at radius 2 is 2.25 bits per heavy atom. The van der Waals surface area contributed by atoms with Crippen LogP contribution in [0.15, 0.2) is 18.2 Å². The number of benzene rings is 1. The summed E-state index contributed by atoms with van der Waals surface area (Å²) in [7, 11) is 0. The molecule has 0 aliphatic carbocycles. The molecule has 1 aromatic carbocycles. The van der Waals surface area contributed by atoms with Crippen molar-refractivity contribution < 1.29 is 14.3 Å². The van der Waals surface area contributed by atoms with Crippen molar-refractivity contribution in [2.45, 2.75) is 32.2 Å². The van der Waals surface area contributed by atoms with Crippen LogP contribution >= 0.6 is 11.6 Å². The van der Waals surface area contributed by atoms with Gasteiger partial charge in [-0.05, 0) is 43.9 Å². The number of carbonyl (C=O) groups excluding carboxylic acids is 1. The fourth-order valence-corrected chi connectivity index (χ4v) is 2.04. The maximum Gasteiger partial charge on any atom is 0.315 e. The van der Waals surface area contributed by atoms with E-state index in [0.717, 1.165) is 12.0 Å². The third kappa shape index (κ3) is 6.21. The third-order valence-electron chi connectivity index (χ3n) is 2.87. The molecule has 1 aromatic rings. The van der Waals surface area contributed by atoms with Gasteiger partial charge < -0.3 is 15.7 Å². The van der Waals surface area contributed by atoms with Crippen LogP contribution in [0.2, 0.25) is 5.02 Å². The fourth-order valence-electron chi connectivity index (χ4n) is 1.78. The Kier molecular flexibility index (Phi) is 7.33. The van der Waals surface area contributed by atoms with Crippen LogP contribution in [0.4, 0.5) is 9.18 Å². The van der Waals surface area contributed by atoms with Crippen LogP contribution in [0, 0.1) is 5.82 Å². The van der Waals surface area contributed by atoms with Crippen LogP contribution < -0.4 is 10.6 Å². The molecule has 2 amide bonds. The van der Waals surface area contributed by atoms with Crippen LogP contribution in [0.25, 0.3) is 0 Å². The Hall–Kier alpha value is -1.33. The maximum atomic E-state index is 12.9. The number of aliphatic hydroxyl groups is 1. The summed E-state index contributed by atoms with van der Waals surface area (Å²) in [5, 5.41) is 14.5. The first-order valence-electron chi connectivity index (χ1n) is 6.62. The minimum Gasteiger partial charge on any atom is -0.396 e. The maximum absolute atomic E-state index is 12.9. The molecule has 112 valence electrons. The Bertz CT molecular complexity index is 443. The van der Waals surface area contributed by atoms with Gasteiger partial charge in [0.05, 0.1) is 0 Å². The Labute approximate surface area is 123 Å². The van der Waals surface area contributed by atoms with Crippen molar-refractivity contribution in [1.29, 1.82) is 0 Å². The number of amides is 2. The van der Waals surface area contributed by atoms with Gasteiger partial charge in [0, 0.05) is 24.2 Å². The van der Waals surface area contributed by atoms with Gasteiger partial charge in [0.15, 0.2) is 0 Å². The molecule has 0 heterocycles. The van der Waals surface area contributed by atoms with Crippen molar-refractivity contribution in [2.75, 3.05) is 13.2 Å². The number of hydrogen-bond donors (Lipinski definition) is 3. The summed E-state index contributed by atoms with van der Waals surface area (Å²) in [4.78, 5) is 11.6. The van der Waals surface area contributed by atoms with E-state index in [-0.39, 0.29) is 24.5 Å². The number of urea groups is 1. The Morgan fingerprint density at radius 3 is 2.90 bits per heavy atom. The number of halogens is 2. The van der Waals surface area contributed by atoms with Gasteiger partial charge >= 0.3 is 6.03 Å². The van der Waals surface area contributed by atoms with Gasteiger partial charge in [0.25, 0.3) is 0 Å². The van der Waals surface area contributed by atoms with Crippen LogP contribution in [0.1, 0.15) is 25.3 Å². The lowest BCUT2D eigenvalue weighted by molar-refractivity contribution is 0.234. The molecule has 4 nitrogen and oxygen atoms in total. The molecule has 0 saturated carbocycles. The number of carbonyl (C=O) groups is 1. The summed E-state index contributed by atoms with van der Waals surface area (Å²) in [6, 6.07) is 3.97. The summed E-state index contributed by atoms with van der Waals surface area (Å²) in [5.74, 6) is -0.373. The molecular formula is C14H20ClFN2O2. The monoisotopic (exact) mass is 302 g/mol. The molecule has 0 spiro atoms. The molecule has 0 bridgehead atoms. The van der Waals surface area contributed by atoms with Gasteiger partial charge in [-0.3, -0.25) is 0 Å². The summed E-state index contributed by atoms with van der Waals surface area (Å²) in [6.07, 6.45) is 1.93. The standard InChI is InChI=1S/C14H20ClFN2O2/c1-10(3-2-8-19)18-14(20)17-7-6-11-4-5-12(16)9-13(11)15/h4-5,9-10,19H,2-3,6-8H2,1H3,(H2,17,18,20). The molecule has 0 aliphatic rings. The SMILES string of the molecule is CC(CCCO)NC(=O)NCCc1ccc(F)cc1Cl. The van der Waals surface area contributed by atoms with Crippen molar-refractivity contribution in [3.8, 4) is 0 Å². The number of hydrogen-bond acceptors (Lipinski definition) is 2. The van der Waals surface area contributed by atoms with Gasteiger partial charge in [0.1, 0.15) is 5.82 Å². The normalized spacial score (nSPS) is 12.0. The molecule has 0 aromatic heterocycles. The van der Waals surface area contributed by atoms with E-state index in [4.69, 9.17) is 16.7 Å². The van der Waals surface area contributed by atoms with Gasteiger partial charge in [-0.15, -0.1) is 0 Å². The third-order valence-corrected chi connectivity index (χ3v) is 3.22. The Morgan fingerprint density at radius 1 is 1.50 bits per heavy atom. The minimum atomic E-state index is -0.373. The van der Waals surface area contributed by atoms with Crippen molar-refractivity contribution >= 4 is 17.6 Å². The number of aliphatic hydroxyl groups excluding tert-OH is 1. The van der Waals surface area contributed by atoms with E-state index in [9.17, 15) is 9.18 Å². The zero-order valence-electron chi connectivity index (χ0n) is 11.5. The number of rotatable bonds is 7. The van der Waals surface area contributed by atoms with E-state index < -0.39 is 0 Å². The molecule has 20 heavy (non-hydrogen) atoms. The van der Waals surface area contributed by atoms with E-state index in [1.54, 1.807) is 6.07 Å². The smallest absolute Gasteiger partial charge is 0.315 e. The van der Waals surface area contributed by atoms with Crippen molar-refractivity contribution in [2.24, 2.45) is 0 Å². The van der Waals surface area contributed by atoms with Crippen molar-refractivity contribution in [1.82, 2.24) is 10.6 Å². The zero-order chi connectivity index (χ0) is 15.0. The van der Waals surface area contributed by atoms with Crippen molar-refractivity contribution in [3.05, 3.63) is 34.6 Å². The molecule has 1 rings (SSSR count). The molecule has 3 N–H and O–H groups in total. The highest BCUT2D eigenvalue weighted by molar-refractivity contribution is 6.31. The topological polar surface area (TPSA) is 61.4 Å². The lowest BCUT2D eigenvalue weighted by Crippen LogP contribution is -2.41. The average Bonchev–Trinajstić information content (AvgIpc) is 2.39. The molecule has 0 aliphatic heterocycles. The van der Waals surface area contributed by atoms with Crippen LogP contribution in [-0.2, 0) is 6.42 Å². The molecular weight excluding hydrogens is 283 g/mol. The van der Waals surface area contributed by atoms with Gasteiger partial charge in [0.2, 0.25) is 0 Å². The quantitative estimate of drug-likeness (QED) is 0.724. The first-order valence-corrected chi connectivity index (χ1v) is 7.00. The Balaban J connectivity index is 2.28. The van der Waals surface area contributed by atoms with E-state index in [1.165, 1.54) is 12.1 Å². The molecule has 0 radical (unpaired) electrons. The lowest BCUT2D eigenvalue weighted by atomic mass is 10.1. The van der Waals surface area contributed by atoms with Gasteiger partial charge in [-0.25, -0.2) is 9.18 Å². The van der Waals surface area contributed by atoms with Gasteiger partial charge in [-0.1, -0.05) is 17.7 Å². The van der Waals surface area contributed by atoms with E-state index >= 15 is 0 Å². The van der Waals surface area contributed by atoms with Crippen LogP contribution in [0.3, 0.4) is 0 Å². The first kappa shape index (κ1) is 16.7. The highest BCUT2D eigenvalue weighted by Gasteiger charge is 2.07. The highest BCUT2D eigenvalue weighted by atomic mass is 35.5. The van der Waals surface area contributed by atoms with E-state index in [2.05, 4.69) is 10.6 Å². The van der Waals surface area contributed by atoms with E-state index in [0.29, 0.717) is 24.4 Å². The summed E-state index contributed by atoms with van der Waals surface area (Å²) in [6.45, 7) is 2.42. The second kappa shape index (κ2) is 8.76. The molecule has 6 heteroatoms. The van der Waals surface area contributed by atoms with E-state index in [1.807, 2.05) is 6.92 Å². The molecule has 0 fully saturated rings. The molecule has 1 atom stereocenters. The first-order chi connectivity index (χ1) is 9.52. The van der Waals surface area contributed by atoms with Crippen LogP contribution in [0.5, 0.6) is 0 Å². The largest absolute Gasteiger partial charge is 0.396 e. The summed E-state index contributed by atoms with van der Waals surface area (Å²) in [5.41, 5.74) is 0.793. The van der Waals surface area contributed by atoms with Crippen molar-refractivity contribution in [3.63, 3.8) is 0 Å². The van der Waals surface area contributed by atoms with Crippen LogP contribution in [-0.4, -0.2) is 30.3 Å².